The molecule has 2 N–H and O–H groups in total. The third-order valence-corrected chi connectivity index (χ3v) is 2.98. The van der Waals surface area contributed by atoms with Gasteiger partial charge in [0, 0.05) is 17.5 Å². The van der Waals surface area contributed by atoms with Crippen molar-refractivity contribution in [3.05, 3.63) is 46.8 Å². The van der Waals surface area contributed by atoms with Crippen LogP contribution in [0.25, 0.3) is 0 Å². The lowest BCUT2D eigenvalue weighted by atomic mass is 10.1. The number of carbonyl (C=O) groups excluding carboxylic acids is 1. The quantitative estimate of drug-likeness (QED) is 0.889. The van der Waals surface area contributed by atoms with Crippen LogP contribution in [0.4, 0.5) is 4.39 Å². The van der Waals surface area contributed by atoms with Gasteiger partial charge in [0.2, 0.25) is 0 Å². The normalized spacial score (nSPS) is 12.2. The Bertz CT molecular complexity index is 589. The predicted octanol–water partition coefficient (Wildman–Crippen LogP) is 2.05. The summed E-state index contributed by atoms with van der Waals surface area (Å²) in [7, 11) is 0. The molecule has 0 saturated carbocycles. The first-order valence-corrected chi connectivity index (χ1v) is 5.92. The number of pyridine rings is 1. The van der Waals surface area contributed by atoms with Gasteiger partial charge in [-0.15, -0.1) is 0 Å². The number of amides is 1. The van der Waals surface area contributed by atoms with Crippen LogP contribution in [0.5, 0.6) is 0 Å². The van der Waals surface area contributed by atoms with Crippen LogP contribution in [0.15, 0.2) is 18.5 Å². The van der Waals surface area contributed by atoms with Crippen molar-refractivity contribution in [2.75, 3.05) is 0 Å². The van der Waals surface area contributed by atoms with E-state index in [1.54, 1.807) is 0 Å². The fraction of sp³-hybridized carbons (Fsp3) is 0.308. The number of aryl methyl sites for hydroxylation is 2. The van der Waals surface area contributed by atoms with E-state index in [0.717, 1.165) is 23.1 Å². The van der Waals surface area contributed by atoms with Crippen molar-refractivity contribution in [2.45, 2.75) is 26.8 Å². The molecule has 2 heterocycles. The molecule has 5 nitrogen and oxygen atoms in total. The van der Waals surface area contributed by atoms with Gasteiger partial charge in [0.15, 0.2) is 5.82 Å². The molecule has 0 radical (unpaired) electrons. The van der Waals surface area contributed by atoms with Crippen LogP contribution in [0.3, 0.4) is 0 Å². The number of aromatic amines is 1. The van der Waals surface area contributed by atoms with Crippen LogP contribution >= 0.6 is 0 Å². The lowest BCUT2D eigenvalue weighted by Gasteiger charge is -2.14. The van der Waals surface area contributed by atoms with Crippen molar-refractivity contribution in [3.63, 3.8) is 0 Å². The van der Waals surface area contributed by atoms with Crippen molar-refractivity contribution in [2.24, 2.45) is 0 Å². The van der Waals surface area contributed by atoms with E-state index in [4.69, 9.17) is 0 Å². The number of H-pyrrole nitrogens is 1. The minimum atomic E-state index is -0.632. The maximum atomic E-state index is 13.4. The summed E-state index contributed by atoms with van der Waals surface area (Å²) in [5, 5.41) is 9.69. The Hall–Kier alpha value is -2.24. The van der Waals surface area contributed by atoms with Crippen molar-refractivity contribution < 1.29 is 9.18 Å². The average Bonchev–Trinajstić information content (AvgIpc) is 2.69. The monoisotopic (exact) mass is 262 g/mol. The Morgan fingerprint density at radius 1 is 1.47 bits per heavy atom. The number of rotatable bonds is 3. The van der Waals surface area contributed by atoms with E-state index in [2.05, 4.69) is 20.5 Å². The Labute approximate surface area is 110 Å². The molecule has 2 rings (SSSR count). The van der Waals surface area contributed by atoms with Gasteiger partial charge in [0.25, 0.3) is 5.91 Å². The summed E-state index contributed by atoms with van der Waals surface area (Å²) in [6.45, 7) is 5.57. The van der Waals surface area contributed by atoms with Gasteiger partial charge in [-0.3, -0.25) is 14.9 Å². The summed E-state index contributed by atoms with van der Waals surface area (Å²) in [4.78, 5) is 15.6. The molecule has 0 aliphatic heterocycles. The van der Waals surface area contributed by atoms with Crippen LogP contribution < -0.4 is 5.32 Å². The van der Waals surface area contributed by atoms with E-state index in [-0.39, 0.29) is 11.6 Å². The molecule has 0 fully saturated rings. The third-order valence-electron chi connectivity index (χ3n) is 2.98. The first-order chi connectivity index (χ1) is 9.00. The van der Waals surface area contributed by atoms with Crippen molar-refractivity contribution in [3.8, 4) is 0 Å². The Kier molecular flexibility index (Phi) is 3.59. The first kappa shape index (κ1) is 13.2. The smallest absolute Gasteiger partial charge is 0.254 e. The fourth-order valence-electron chi connectivity index (χ4n) is 2.10. The lowest BCUT2D eigenvalue weighted by molar-refractivity contribution is 0.0935. The van der Waals surface area contributed by atoms with E-state index >= 15 is 0 Å². The van der Waals surface area contributed by atoms with Crippen LogP contribution in [-0.2, 0) is 0 Å². The summed E-state index contributed by atoms with van der Waals surface area (Å²) in [5.41, 5.74) is 2.62. The SMILES string of the molecule is Cc1n[nH]c(C)c1C(C)NC(=O)c1ccncc1F. The van der Waals surface area contributed by atoms with Gasteiger partial charge in [0.1, 0.15) is 0 Å². The van der Waals surface area contributed by atoms with E-state index in [1.165, 1.54) is 12.3 Å². The highest BCUT2D eigenvalue weighted by molar-refractivity contribution is 5.94. The van der Waals surface area contributed by atoms with E-state index in [1.807, 2.05) is 20.8 Å². The number of nitrogens with one attached hydrogen (secondary N) is 2. The molecule has 0 aliphatic carbocycles. The zero-order valence-electron chi connectivity index (χ0n) is 11.0. The summed E-state index contributed by atoms with van der Waals surface area (Å²) >= 11 is 0. The molecule has 0 spiro atoms. The van der Waals surface area contributed by atoms with E-state index in [0.29, 0.717) is 0 Å². The molecule has 2 aromatic heterocycles. The number of nitrogens with zero attached hydrogens (tertiary/aromatic N) is 2. The molecule has 1 unspecified atom stereocenters. The second-order valence-corrected chi connectivity index (χ2v) is 4.40. The maximum Gasteiger partial charge on any atom is 0.254 e. The Balaban J connectivity index is 2.18. The second-order valence-electron chi connectivity index (χ2n) is 4.40. The van der Waals surface area contributed by atoms with Gasteiger partial charge in [-0.05, 0) is 26.8 Å². The molecule has 2 aromatic rings. The molecule has 0 aliphatic rings. The molecular weight excluding hydrogens is 247 g/mol. The minimum Gasteiger partial charge on any atom is -0.345 e. The molecule has 1 atom stereocenters. The van der Waals surface area contributed by atoms with Crippen LogP contribution in [0.1, 0.15) is 40.3 Å². The van der Waals surface area contributed by atoms with Gasteiger partial charge in [-0.1, -0.05) is 0 Å². The Morgan fingerprint density at radius 2 is 2.21 bits per heavy atom. The molecule has 0 bridgehead atoms. The van der Waals surface area contributed by atoms with Crippen LogP contribution in [0.2, 0.25) is 0 Å². The zero-order chi connectivity index (χ0) is 14.0. The van der Waals surface area contributed by atoms with Gasteiger partial charge in [-0.2, -0.15) is 5.10 Å². The summed E-state index contributed by atoms with van der Waals surface area (Å²) in [5.74, 6) is -1.10. The first-order valence-electron chi connectivity index (χ1n) is 5.92. The lowest BCUT2D eigenvalue weighted by Crippen LogP contribution is -2.28. The largest absolute Gasteiger partial charge is 0.345 e. The fourth-order valence-corrected chi connectivity index (χ4v) is 2.10. The molecule has 0 saturated heterocycles. The number of aromatic nitrogens is 3. The average molecular weight is 262 g/mol. The van der Waals surface area contributed by atoms with E-state index in [9.17, 15) is 9.18 Å². The molecule has 100 valence electrons. The van der Waals surface area contributed by atoms with Gasteiger partial charge in [0.05, 0.1) is 23.5 Å². The number of hydrogen-bond donors (Lipinski definition) is 2. The molecule has 1 amide bonds. The summed E-state index contributed by atoms with van der Waals surface area (Å²) in [6, 6.07) is 1.10. The summed E-state index contributed by atoms with van der Waals surface area (Å²) in [6.07, 6.45) is 2.41. The van der Waals surface area contributed by atoms with Crippen LogP contribution in [-0.4, -0.2) is 21.1 Å². The number of carbonyl (C=O) groups is 1. The topological polar surface area (TPSA) is 70.7 Å². The number of halogens is 1. The maximum absolute atomic E-state index is 13.4. The highest BCUT2D eigenvalue weighted by Crippen LogP contribution is 2.19. The second kappa shape index (κ2) is 5.17. The number of hydrogen-bond acceptors (Lipinski definition) is 3. The highest BCUT2D eigenvalue weighted by Gasteiger charge is 2.18. The molecule has 0 aromatic carbocycles. The van der Waals surface area contributed by atoms with Crippen molar-refractivity contribution >= 4 is 5.91 Å². The predicted molar refractivity (Wildman–Crippen MR) is 68.1 cm³/mol. The standard InChI is InChI=1S/C13H15FN4O/c1-7(12-8(2)17-18-9(12)3)16-13(19)10-4-5-15-6-11(10)14/h4-7H,1-3H3,(H,16,19)(H,17,18). The van der Waals surface area contributed by atoms with Gasteiger partial charge < -0.3 is 5.32 Å². The van der Waals surface area contributed by atoms with Crippen molar-refractivity contribution in [1.82, 2.24) is 20.5 Å². The van der Waals surface area contributed by atoms with E-state index < -0.39 is 11.7 Å². The van der Waals surface area contributed by atoms with Crippen LogP contribution in [0, 0.1) is 19.7 Å². The highest BCUT2D eigenvalue weighted by atomic mass is 19.1. The third kappa shape index (κ3) is 2.62. The summed E-state index contributed by atoms with van der Waals surface area (Å²) < 4.78 is 13.4. The molecule has 6 heteroatoms. The zero-order valence-corrected chi connectivity index (χ0v) is 11.0. The Morgan fingerprint density at radius 3 is 2.79 bits per heavy atom. The molecule has 19 heavy (non-hydrogen) atoms. The molecular formula is C13H15FN4O. The minimum absolute atomic E-state index is 0.0133. The van der Waals surface area contributed by atoms with Crippen molar-refractivity contribution in [1.29, 1.82) is 0 Å². The van der Waals surface area contributed by atoms with Gasteiger partial charge in [-0.25, -0.2) is 4.39 Å². The van der Waals surface area contributed by atoms with Gasteiger partial charge >= 0.3 is 0 Å².